The summed E-state index contributed by atoms with van der Waals surface area (Å²) in [6.07, 6.45) is 1.01. The summed E-state index contributed by atoms with van der Waals surface area (Å²) < 4.78 is 4.64. The van der Waals surface area contributed by atoms with Gasteiger partial charge in [-0.1, -0.05) is 20.8 Å². The number of Topliss-reactive ketones (excluding diaryl/α,β-unsaturated/α-hetero) is 1. The van der Waals surface area contributed by atoms with Crippen LogP contribution in [0.3, 0.4) is 0 Å². The molecule has 0 radical (unpaired) electrons. The molecule has 0 bridgehead atoms. The fourth-order valence-corrected chi connectivity index (χ4v) is 2.27. The zero-order valence-corrected chi connectivity index (χ0v) is 11.7. The normalized spacial score (nSPS) is 25.6. The van der Waals surface area contributed by atoms with Crippen molar-refractivity contribution in [1.29, 1.82) is 0 Å². The third-order valence-corrected chi connectivity index (χ3v) is 3.80. The largest absolute Gasteiger partial charge is 0.453 e. The molecule has 5 nitrogen and oxygen atoms in total. The molecular weight excluding hydrogens is 232 g/mol. The Morgan fingerprint density at radius 3 is 2.44 bits per heavy atom. The Kier molecular flexibility index (Phi) is 5.14. The van der Waals surface area contributed by atoms with Crippen LogP contribution in [-0.4, -0.2) is 37.6 Å². The van der Waals surface area contributed by atoms with Crippen LogP contribution in [0.1, 0.15) is 33.6 Å². The highest BCUT2D eigenvalue weighted by atomic mass is 16.5. The van der Waals surface area contributed by atoms with E-state index >= 15 is 0 Å². The molecule has 0 aliphatic carbocycles. The van der Waals surface area contributed by atoms with Crippen LogP contribution in [0.4, 0.5) is 4.79 Å². The third-order valence-electron chi connectivity index (χ3n) is 3.80. The second-order valence-electron chi connectivity index (χ2n) is 5.38. The maximum Gasteiger partial charge on any atom is 0.407 e. The van der Waals surface area contributed by atoms with Crippen molar-refractivity contribution < 1.29 is 14.3 Å². The molecule has 1 aliphatic rings. The first-order valence-electron chi connectivity index (χ1n) is 6.54. The number of ether oxygens (including phenoxy) is 1. The summed E-state index contributed by atoms with van der Waals surface area (Å²) in [5, 5.41) is 5.93. The highest BCUT2D eigenvalue weighted by Crippen LogP contribution is 2.25. The monoisotopic (exact) mass is 256 g/mol. The number of carbonyl (C=O) groups is 2. The predicted molar refractivity (Wildman–Crippen MR) is 69.4 cm³/mol. The van der Waals surface area contributed by atoms with Crippen LogP contribution in [0, 0.1) is 11.8 Å². The molecule has 104 valence electrons. The standard InChI is InChI=1S/C13H24N2O3/c1-9(2)10(3)11(16)13(15-12(17)18-4)6-5-7-14-8-13/h9-10,14H,5-8H2,1-4H3,(H,15,17). The van der Waals surface area contributed by atoms with E-state index in [2.05, 4.69) is 15.4 Å². The quantitative estimate of drug-likeness (QED) is 0.796. The van der Waals surface area contributed by atoms with Crippen LogP contribution in [0.15, 0.2) is 0 Å². The molecule has 0 aromatic carbocycles. The van der Waals surface area contributed by atoms with Gasteiger partial charge in [0, 0.05) is 12.5 Å². The van der Waals surface area contributed by atoms with E-state index in [4.69, 9.17) is 0 Å². The molecule has 1 saturated heterocycles. The van der Waals surface area contributed by atoms with Gasteiger partial charge in [-0.15, -0.1) is 0 Å². The van der Waals surface area contributed by atoms with E-state index in [1.54, 1.807) is 0 Å². The number of ketones is 1. The van der Waals surface area contributed by atoms with Gasteiger partial charge in [0.2, 0.25) is 0 Å². The molecule has 5 heteroatoms. The van der Waals surface area contributed by atoms with Crippen molar-refractivity contribution in [1.82, 2.24) is 10.6 Å². The zero-order valence-electron chi connectivity index (χ0n) is 11.7. The molecule has 2 atom stereocenters. The maximum atomic E-state index is 12.6. The Hall–Kier alpha value is -1.10. The van der Waals surface area contributed by atoms with E-state index in [0.29, 0.717) is 13.0 Å². The molecule has 2 unspecified atom stereocenters. The van der Waals surface area contributed by atoms with Crippen molar-refractivity contribution in [2.75, 3.05) is 20.2 Å². The van der Waals surface area contributed by atoms with E-state index < -0.39 is 11.6 Å². The minimum absolute atomic E-state index is 0.0814. The number of amides is 1. The lowest BCUT2D eigenvalue weighted by atomic mass is 9.77. The van der Waals surface area contributed by atoms with Gasteiger partial charge in [0.1, 0.15) is 5.54 Å². The van der Waals surface area contributed by atoms with Crippen molar-refractivity contribution >= 4 is 11.9 Å². The minimum atomic E-state index is -0.810. The lowest BCUT2D eigenvalue weighted by molar-refractivity contribution is -0.130. The maximum absolute atomic E-state index is 12.6. The molecule has 1 amide bonds. The van der Waals surface area contributed by atoms with E-state index in [0.717, 1.165) is 13.0 Å². The van der Waals surface area contributed by atoms with Crippen LogP contribution in [0.25, 0.3) is 0 Å². The topological polar surface area (TPSA) is 67.4 Å². The van der Waals surface area contributed by atoms with Gasteiger partial charge >= 0.3 is 6.09 Å². The number of hydrogen-bond acceptors (Lipinski definition) is 4. The van der Waals surface area contributed by atoms with Crippen molar-refractivity contribution in [2.45, 2.75) is 39.2 Å². The molecule has 1 fully saturated rings. The van der Waals surface area contributed by atoms with E-state index in [1.165, 1.54) is 7.11 Å². The number of piperidine rings is 1. The molecule has 1 aliphatic heterocycles. The van der Waals surface area contributed by atoms with E-state index in [-0.39, 0.29) is 17.6 Å². The van der Waals surface area contributed by atoms with E-state index in [9.17, 15) is 9.59 Å². The lowest BCUT2D eigenvalue weighted by Gasteiger charge is -2.38. The molecule has 1 rings (SSSR count). The molecule has 1 heterocycles. The van der Waals surface area contributed by atoms with Gasteiger partial charge in [0.25, 0.3) is 0 Å². The van der Waals surface area contributed by atoms with Crippen LogP contribution in [-0.2, 0) is 9.53 Å². The average Bonchev–Trinajstić information content (AvgIpc) is 2.37. The third kappa shape index (κ3) is 3.22. The fourth-order valence-electron chi connectivity index (χ4n) is 2.27. The van der Waals surface area contributed by atoms with Gasteiger partial charge in [0.15, 0.2) is 5.78 Å². The van der Waals surface area contributed by atoms with Gasteiger partial charge in [-0.25, -0.2) is 4.79 Å². The number of nitrogens with one attached hydrogen (secondary N) is 2. The number of methoxy groups -OCH3 is 1. The average molecular weight is 256 g/mol. The fraction of sp³-hybridized carbons (Fsp3) is 0.846. The highest BCUT2D eigenvalue weighted by Gasteiger charge is 2.43. The Morgan fingerprint density at radius 2 is 2.00 bits per heavy atom. The number of alkyl carbamates (subject to hydrolysis) is 1. The number of rotatable bonds is 4. The van der Waals surface area contributed by atoms with Crippen LogP contribution < -0.4 is 10.6 Å². The molecule has 18 heavy (non-hydrogen) atoms. The van der Waals surface area contributed by atoms with Crippen LogP contribution in [0.2, 0.25) is 0 Å². The second-order valence-corrected chi connectivity index (χ2v) is 5.38. The molecular formula is C13H24N2O3. The summed E-state index contributed by atoms with van der Waals surface area (Å²) in [5.41, 5.74) is -0.810. The van der Waals surface area contributed by atoms with Crippen LogP contribution >= 0.6 is 0 Å². The predicted octanol–water partition coefficient (Wildman–Crippen LogP) is 1.33. The summed E-state index contributed by atoms with van der Waals surface area (Å²) in [4.78, 5) is 24.1. The SMILES string of the molecule is COC(=O)NC1(C(=O)C(C)C(C)C)CCCNC1. The summed E-state index contributed by atoms with van der Waals surface area (Å²) in [5.74, 6) is 0.271. The summed E-state index contributed by atoms with van der Waals surface area (Å²) in [7, 11) is 1.32. The molecule has 0 aromatic rings. The minimum Gasteiger partial charge on any atom is -0.453 e. The summed E-state index contributed by atoms with van der Waals surface area (Å²) in [6, 6.07) is 0. The molecule has 0 aromatic heterocycles. The van der Waals surface area contributed by atoms with Gasteiger partial charge in [0.05, 0.1) is 7.11 Å². The van der Waals surface area contributed by atoms with Gasteiger partial charge < -0.3 is 15.4 Å². The Morgan fingerprint density at radius 1 is 1.33 bits per heavy atom. The van der Waals surface area contributed by atoms with Gasteiger partial charge in [-0.2, -0.15) is 0 Å². The molecule has 0 spiro atoms. The van der Waals surface area contributed by atoms with Crippen molar-refractivity contribution in [3.8, 4) is 0 Å². The first kappa shape index (κ1) is 15.0. The lowest BCUT2D eigenvalue weighted by Crippen LogP contribution is -2.64. The van der Waals surface area contributed by atoms with Crippen molar-refractivity contribution in [3.63, 3.8) is 0 Å². The van der Waals surface area contributed by atoms with E-state index in [1.807, 2.05) is 20.8 Å². The Balaban J connectivity index is 2.89. The highest BCUT2D eigenvalue weighted by molar-refractivity contribution is 5.93. The first-order chi connectivity index (χ1) is 8.43. The molecule has 2 N–H and O–H groups in total. The molecule has 0 saturated carbocycles. The van der Waals surface area contributed by atoms with Gasteiger partial charge in [-0.05, 0) is 25.3 Å². The summed E-state index contributed by atoms with van der Waals surface area (Å²) >= 11 is 0. The number of hydrogen-bond donors (Lipinski definition) is 2. The van der Waals surface area contributed by atoms with Gasteiger partial charge in [-0.3, -0.25) is 4.79 Å². The Bertz CT molecular complexity index is 309. The first-order valence-corrected chi connectivity index (χ1v) is 6.54. The Labute approximate surface area is 109 Å². The zero-order chi connectivity index (χ0) is 13.8. The van der Waals surface area contributed by atoms with Crippen molar-refractivity contribution in [2.24, 2.45) is 11.8 Å². The smallest absolute Gasteiger partial charge is 0.407 e. The van der Waals surface area contributed by atoms with Crippen molar-refractivity contribution in [3.05, 3.63) is 0 Å². The summed E-state index contributed by atoms with van der Waals surface area (Å²) in [6.45, 7) is 7.32. The van der Waals surface area contributed by atoms with Crippen LogP contribution in [0.5, 0.6) is 0 Å². The number of carbonyl (C=O) groups excluding carboxylic acids is 2. The second kappa shape index (κ2) is 6.18.